The molecule has 4 rings (SSSR count). The summed E-state index contributed by atoms with van der Waals surface area (Å²) in [5.74, 6) is 1.63. The van der Waals surface area contributed by atoms with E-state index < -0.39 is 10.0 Å². The quantitative estimate of drug-likeness (QED) is 0.845. The van der Waals surface area contributed by atoms with E-state index in [-0.39, 0.29) is 10.9 Å². The lowest BCUT2D eigenvalue weighted by molar-refractivity contribution is 0.171. The molecule has 0 spiro atoms. The molecule has 24 heavy (non-hydrogen) atoms. The molecule has 1 saturated heterocycles. The molecule has 1 fully saturated rings. The van der Waals surface area contributed by atoms with Crippen LogP contribution >= 0.6 is 0 Å². The first-order valence-electron chi connectivity index (χ1n) is 7.90. The number of hydrogen-bond donors (Lipinski definition) is 0. The molecule has 2 aliphatic heterocycles. The maximum atomic E-state index is 13.1. The lowest BCUT2D eigenvalue weighted by Gasteiger charge is -2.23. The van der Waals surface area contributed by atoms with Crippen molar-refractivity contribution in [3.63, 3.8) is 0 Å². The Morgan fingerprint density at radius 1 is 1.17 bits per heavy atom. The lowest BCUT2D eigenvalue weighted by Crippen LogP contribution is -2.30. The molecule has 1 atom stereocenters. The summed E-state index contributed by atoms with van der Waals surface area (Å²) < 4.78 is 43.9. The van der Waals surface area contributed by atoms with Crippen LogP contribution in [0.1, 0.15) is 30.3 Å². The van der Waals surface area contributed by atoms with Gasteiger partial charge in [0.25, 0.3) is 0 Å². The van der Waals surface area contributed by atoms with Crippen molar-refractivity contribution < 1.29 is 22.4 Å². The lowest BCUT2D eigenvalue weighted by atomic mass is 10.2. The number of sulfonamides is 1. The minimum Gasteiger partial charge on any atom is -0.486 e. The van der Waals surface area contributed by atoms with Crippen molar-refractivity contribution >= 4 is 10.0 Å². The van der Waals surface area contributed by atoms with Crippen molar-refractivity contribution in [1.29, 1.82) is 0 Å². The number of aryl methyl sites for hydroxylation is 1. The van der Waals surface area contributed by atoms with Gasteiger partial charge in [0.1, 0.15) is 13.2 Å². The van der Waals surface area contributed by atoms with Gasteiger partial charge >= 0.3 is 0 Å². The van der Waals surface area contributed by atoms with Crippen LogP contribution in [0.4, 0.5) is 0 Å². The predicted octanol–water partition coefficient (Wildman–Crippen LogP) is 2.28. The number of nitrogens with zero attached hydrogens (tertiary/aromatic N) is 2. The Hall–Kier alpha value is -2.06. The van der Waals surface area contributed by atoms with Crippen LogP contribution in [0.15, 0.2) is 33.7 Å². The number of hydrogen-bond acceptors (Lipinski definition) is 6. The molecule has 2 aromatic rings. The van der Waals surface area contributed by atoms with Crippen molar-refractivity contribution in [3.05, 3.63) is 35.7 Å². The van der Waals surface area contributed by atoms with Gasteiger partial charge in [0, 0.05) is 18.7 Å². The Kier molecular flexibility index (Phi) is 3.73. The summed E-state index contributed by atoms with van der Waals surface area (Å²) in [6, 6.07) is 6.21. The van der Waals surface area contributed by atoms with Gasteiger partial charge in [-0.2, -0.15) is 4.31 Å². The molecule has 0 aliphatic carbocycles. The Bertz CT molecular complexity index is 861. The van der Waals surface area contributed by atoms with Gasteiger partial charge in [-0.3, -0.25) is 0 Å². The minimum absolute atomic E-state index is 0.204. The van der Waals surface area contributed by atoms with Crippen molar-refractivity contribution in [2.45, 2.75) is 30.7 Å². The fourth-order valence-corrected chi connectivity index (χ4v) is 4.85. The maximum absolute atomic E-state index is 13.1. The average molecular weight is 350 g/mol. The van der Waals surface area contributed by atoms with Crippen molar-refractivity contribution in [2.75, 3.05) is 19.8 Å². The zero-order chi connectivity index (χ0) is 16.7. The standard InChI is InChI=1S/C16H18N2O5S/c1-11-9-15(23-17-11)13-3-2-6-18(13)24(19,20)12-4-5-14-16(10-12)22-8-7-21-14/h4-5,9-10,13H,2-3,6-8H2,1H3. The number of ether oxygens (including phenoxy) is 2. The largest absolute Gasteiger partial charge is 0.486 e. The third kappa shape index (κ3) is 2.55. The van der Waals surface area contributed by atoms with E-state index in [9.17, 15) is 8.42 Å². The van der Waals surface area contributed by atoms with Crippen LogP contribution in [0.25, 0.3) is 0 Å². The van der Waals surface area contributed by atoms with Gasteiger partial charge in [0.05, 0.1) is 16.6 Å². The van der Waals surface area contributed by atoms with Crippen LogP contribution in [0.5, 0.6) is 11.5 Å². The first-order chi connectivity index (χ1) is 11.6. The minimum atomic E-state index is -3.65. The molecular formula is C16H18N2O5S. The van der Waals surface area contributed by atoms with E-state index in [1.807, 2.05) is 6.92 Å². The SMILES string of the molecule is Cc1cc(C2CCCN2S(=O)(=O)c2ccc3c(c2)OCCO3)on1. The first-order valence-corrected chi connectivity index (χ1v) is 9.34. The number of fused-ring (bicyclic) bond motifs is 1. The summed E-state index contributed by atoms with van der Waals surface area (Å²) in [4.78, 5) is 0.204. The second-order valence-electron chi connectivity index (χ2n) is 5.95. The van der Waals surface area contributed by atoms with Crippen LogP contribution < -0.4 is 9.47 Å². The van der Waals surface area contributed by atoms with Crippen LogP contribution in [0, 0.1) is 6.92 Å². The Labute approximate surface area is 140 Å². The topological polar surface area (TPSA) is 81.9 Å². The fourth-order valence-electron chi connectivity index (χ4n) is 3.17. The fraction of sp³-hybridized carbons (Fsp3) is 0.438. The van der Waals surface area contributed by atoms with Crippen LogP contribution in [-0.4, -0.2) is 37.6 Å². The molecule has 7 nitrogen and oxygen atoms in total. The predicted molar refractivity (Wildman–Crippen MR) is 84.5 cm³/mol. The highest BCUT2D eigenvalue weighted by atomic mass is 32.2. The summed E-state index contributed by atoms with van der Waals surface area (Å²) in [6.45, 7) is 3.17. The van der Waals surface area contributed by atoms with Gasteiger partial charge in [-0.05, 0) is 31.9 Å². The molecule has 2 aliphatic rings. The maximum Gasteiger partial charge on any atom is 0.243 e. The van der Waals surface area contributed by atoms with E-state index >= 15 is 0 Å². The molecule has 0 saturated carbocycles. The molecule has 3 heterocycles. The molecule has 0 amide bonds. The van der Waals surface area contributed by atoms with E-state index in [2.05, 4.69) is 5.16 Å². The van der Waals surface area contributed by atoms with Gasteiger partial charge in [0.2, 0.25) is 10.0 Å². The van der Waals surface area contributed by atoms with E-state index in [0.29, 0.717) is 37.0 Å². The summed E-state index contributed by atoms with van der Waals surface area (Å²) >= 11 is 0. The molecule has 1 aromatic carbocycles. The molecule has 0 bridgehead atoms. The van der Waals surface area contributed by atoms with Crippen LogP contribution in [-0.2, 0) is 10.0 Å². The third-order valence-corrected chi connectivity index (χ3v) is 6.20. The van der Waals surface area contributed by atoms with Crippen molar-refractivity contribution in [3.8, 4) is 11.5 Å². The third-order valence-electron chi connectivity index (χ3n) is 4.30. The molecule has 1 aromatic heterocycles. The zero-order valence-corrected chi connectivity index (χ0v) is 14.1. The van der Waals surface area contributed by atoms with Crippen LogP contribution in [0.2, 0.25) is 0 Å². The van der Waals surface area contributed by atoms with E-state index in [1.54, 1.807) is 18.2 Å². The van der Waals surface area contributed by atoms with Gasteiger partial charge in [0.15, 0.2) is 17.3 Å². The highest BCUT2D eigenvalue weighted by Crippen LogP contribution is 2.39. The van der Waals surface area contributed by atoms with E-state index in [1.165, 1.54) is 10.4 Å². The Morgan fingerprint density at radius 3 is 2.71 bits per heavy atom. The molecule has 1 unspecified atom stereocenters. The van der Waals surface area contributed by atoms with Crippen molar-refractivity contribution in [2.24, 2.45) is 0 Å². The van der Waals surface area contributed by atoms with Gasteiger partial charge in [-0.15, -0.1) is 0 Å². The molecular weight excluding hydrogens is 332 g/mol. The highest BCUT2D eigenvalue weighted by molar-refractivity contribution is 7.89. The number of benzene rings is 1. The summed E-state index contributed by atoms with van der Waals surface area (Å²) in [7, 11) is -3.65. The average Bonchev–Trinajstić information content (AvgIpc) is 3.23. The second-order valence-corrected chi connectivity index (χ2v) is 7.84. The van der Waals surface area contributed by atoms with Gasteiger partial charge in [-0.25, -0.2) is 8.42 Å². The molecule has 8 heteroatoms. The van der Waals surface area contributed by atoms with Gasteiger partial charge in [-0.1, -0.05) is 5.16 Å². The summed E-state index contributed by atoms with van der Waals surface area (Å²) in [6.07, 6.45) is 1.51. The Balaban J connectivity index is 1.69. The smallest absolute Gasteiger partial charge is 0.243 e. The van der Waals surface area contributed by atoms with E-state index in [4.69, 9.17) is 14.0 Å². The van der Waals surface area contributed by atoms with Gasteiger partial charge < -0.3 is 14.0 Å². The van der Waals surface area contributed by atoms with Crippen molar-refractivity contribution in [1.82, 2.24) is 9.46 Å². The second kappa shape index (κ2) is 5.78. The normalized spacial score (nSPS) is 21.1. The number of rotatable bonds is 3. The molecule has 0 radical (unpaired) electrons. The Morgan fingerprint density at radius 2 is 1.96 bits per heavy atom. The van der Waals surface area contributed by atoms with Crippen LogP contribution in [0.3, 0.4) is 0 Å². The molecule has 128 valence electrons. The van der Waals surface area contributed by atoms with E-state index in [0.717, 1.165) is 18.5 Å². The monoisotopic (exact) mass is 350 g/mol. The summed E-state index contributed by atoms with van der Waals surface area (Å²) in [5, 5.41) is 3.88. The summed E-state index contributed by atoms with van der Waals surface area (Å²) in [5.41, 5.74) is 0.744. The number of aromatic nitrogens is 1. The first kappa shape index (κ1) is 15.5. The molecule has 0 N–H and O–H groups in total. The highest BCUT2D eigenvalue weighted by Gasteiger charge is 2.38. The zero-order valence-electron chi connectivity index (χ0n) is 13.3.